The van der Waals surface area contributed by atoms with Gasteiger partial charge in [0.15, 0.2) is 0 Å². The van der Waals surface area contributed by atoms with Gasteiger partial charge in [-0.25, -0.2) is 0 Å². The van der Waals surface area contributed by atoms with Gasteiger partial charge in [0, 0.05) is 0 Å². The van der Waals surface area contributed by atoms with Crippen molar-refractivity contribution in [2.45, 2.75) is 80.1 Å². The molecular formula is C29H40Cl2O3Ti-2. The van der Waals surface area contributed by atoms with E-state index in [-0.39, 0.29) is 35.6 Å². The standard InChI is InChI=1S/2C11H16O.C7H8O.2ClH.Ti/c2*1-8-5-6-10(12)9(7-8)11(2,3)4;1-5-4-8-7(3)6(5)2;;;/h2*5-7,12H,1-4H3;3-4H,1-2H3;2*1H;/p-2. The molecule has 0 bridgehead atoms. The Labute approximate surface area is 236 Å². The van der Waals surface area contributed by atoms with Crippen LogP contribution in [0.3, 0.4) is 0 Å². The van der Waals surface area contributed by atoms with Gasteiger partial charge in [-0.3, -0.25) is 0 Å². The average Bonchev–Trinajstić information content (AvgIpc) is 3.03. The van der Waals surface area contributed by atoms with E-state index in [1.807, 2.05) is 69.3 Å². The Kier molecular flexibility index (Phi) is 15.2. The third kappa shape index (κ3) is 11.4. The summed E-state index contributed by atoms with van der Waals surface area (Å²) in [6, 6.07) is 11.4. The molecule has 3 nitrogen and oxygen atoms in total. The average molecular weight is 555 g/mol. The molecule has 6 heteroatoms. The van der Waals surface area contributed by atoms with Gasteiger partial charge in [0.2, 0.25) is 0 Å². The SMILES string of the molecule is Cc1ccc(O)c(C(C)(C)C)c1.Cc1ccc(O)c(C(C)(C)C)c1.Cc1coc([CH]=[Ti])c1C.[Cl-].[Cl-]. The summed E-state index contributed by atoms with van der Waals surface area (Å²) in [6.07, 6.45) is 1.78. The molecule has 0 saturated carbocycles. The van der Waals surface area contributed by atoms with Crippen molar-refractivity contribution in [3.63, 3.8) is 0 Å². The van der Waals surface area contributed by atoms with Crippen molar-refractivity contribution in [1.29, 1.82) is 0 Å². The van der Waals surface area contributed by atoms with Gasteiger partial charge in [0.25, 0.3) is 0 Å². The van der Waals surface area contributed by atoms with Crippen LogP contribution in [0.1, 0.15) is 80.7 Å². The molecule has 0 spiro atoms. The smallest absolute Gasteiger partial charge is 1.00 e. The summed E-state index contributed by atoms with van der Waals surface area (Å²) >= 11 is 1.98. The van der Waals surface area contributed by atoms with Crippen LogP contribution in [0, 0.1) is 27.7 Å². The molecule has 35 heavy (non-hydrogen) atoms. The van der Waals surface area contributed by atoms with Gasteiger partial charge >= 0.3 is 65.7 Å². The van der Waals surface area contributed by atoms with E-state index in [0.29, 0.717) is 11.5 Å². The van der Waals surface area contributed by atoms with Crippen LogP contribution in [-0.2, 0) is 30.8 Å². The molecule has 194 valence electrons. The number of hydrogen-bond donors (Lipinski definition) is 2. The number of aryl methyl sites for hydroxylation is 3. The Bertz CT molecular complexity index is 1010. The van der Waals surface area contributed by atoms with Crippen molar-refractivity contribution in [3.05, 3.63) is 81.8 Å². The van der Waals surface area contributed by atoms with Crippen LogP contribution < -0.4 is 24.8 Å². The van der Waals surface area contributed by atoms with E-state index >= 15 is 0 Å². The first-order valence-corrected chi connectivity index (χ1v) is 12.1. The maximum absolute atomic E-state index is 9.57. The van der Waals surface area contributed by atoms with Crippen molar-refractivity contribution < 1.29 is 59.4 Å². The van der Waals surface area contributed by atoms with Gasteiger partial charge in [-0.2, -0.15) is 0 Å². The van der Waals surface area contributed by atoms with Gasteiger partial charge in [-0.15, -0.1) is 0 Å². The van der Waals surface area contributed by atoms with Crippen molar-refractivity contribution in [1.82, 2.24) is 0 Å². The Morgan fingerprint density at radius 2 is 1.09 bits per heavy atom. The topological polar surface area (TPSA) is 53.6 Å². The molecule has 0 radical (unpaired) electrons. The summed E-state index contributed by atoms with van der Waals surface area (Å²) < 4.78 is 7.16. The van der Waals surface area contributed by atoms with Crippen LogP contribution in [0.25, 0.3) is 0 Å². The number of halogens is 2. The number of benzene rings is 2. The van der Waals surface area contributed by atoms with E-state index in [0.717, 1.165) is 16.9 Å². The molecule has 1 aromatic heterocycles. The Hall–Kier alpha value is -1.52. The van der Waals surface area contributed by atoms with Crippen molar-refractivity contribution in [2.24, 2.45) is 0 Å². The zero-order valence-electron chi connectivity index (χ0n) is 22.7. The normalized spacial score (nSPS) is 10.4. The number of aromatic hydroxyl groups is 2. The minimum Gasteiger partial charge on any atom is -1.00 e. The molecule has 1 heterocycles. The molecule has 3 aromatic rings. The van der Waals surface area contributed by atoms with E-state index in [9.17, 15) is 10.2 Å². The Morgan fingerprint density at radius 3 is 1.29 bits per heavy atom. The Morgan fingerprint density at radius 1 is 0.714 bits per heavy atom. The number of furan rings is 1. The number of phenols is 2. The van der Waals surface area contributed by atoms with Crippen molar-refractivity contribution in [3.8, 4) is 11.5 Å². The minimum atomic E-state index is 0. The first-order valence-electron chi connectivity index (χ1n) is 11.2. The summed E-state index contributed by atoms with van der Waals surface area (Å²) in [6.45, 7) is 20.8. The van der Waals surface area contributed by atoms with E-state index in [2.05, 4.69) is 48.5 Å². The third-order valence-electron chi connectivity index (χ3n) is 5.38. The predicted molar refractivity (Wildman–Crippen MR) is 136 cm³/mol. The third-order valence-corrected chi connectivity index (χ3v) is 5.78. The van der Waals surface area contributed by atoms with E-state index < -0.39 is 0 Å². The van der Waals surface area contributed by atoms with E-state index in [1.54, 1.807) is 18.4 Å². The monoisotopic (exact) mass is 554 g/mol. The van der Waals surface area contributed by atoms with Gasteiger partial charge in [0.1, 0.15) is 11.5 Å². The molecule has 0 unspecified atom stereocenters. The van der Waals surface area contributed by atoms with Crippen LogP contribution in [0.5, 0.6) is 11.5 Å². The maximum Gasteiger partial charge on any atom is -1.00 e. The number of phenolic OH excluding ortho intramolecular Hbond substituents is 2. The van der Waals surface area contributed by atoms with Crippen LogP contribution in [0.2, 0.25) is 0 Å². The quantitative estimate of drug-likeness (QED) is 0.449. The minimum absolute atomic E-state index is 0. The van der Waals surface area contributed by atoms with Crippen LogP contribution in [-0.4, -0.2) is 14.5 Å². The second kappa shape index (κ2) is 14.9. The van der Waals surface area contributed by atoms with Gasteiger partial charge < -0.3 is 35.0 Å². The van der Waals surface area contributed by atoms with Crippen molar-refractivity contribution >= 4 is 4.31 Å². The number of hydrogen-bond acceptors (Lipinski definition) is 3. The molecule has 0 aliphatic rings. The van der Waals surface area contributed by atoms with Gasteiger partial charge in [-0.1, -0.05) is 76.9 Å². The molecule has 0 amide bonds. The summed E-state index contributed by atoms with van der Waals surface area (Å²) in [5.74, 6) is 1.79. The summed E-state index contributed by atoms with van der Waals surface area (Å²) in [5, 5.41) is 19.1. The largest absolute Gasteiger partial charge is 1.00 e. The summed E-state index contributed by atoms with van der Waals surface area (Å²) in [5.41, 5.74) is 6.94. The molecule has 2 N–H and O–H groups in total. The van der Waals surface area contributed by atoms with Crippen molar-refractivity contribution in [2.75, 3.05) is 0 Å². The fourth-order valence-corrected chi connectivity index (χ4v) is 3.61. The van der Waals surface area contributed by atoms with E-state index in [4.69, 9.17) is 4.42 Å². The Balaban J connectivity index is 0. The fourth-order valence-electron chi connectivity index (χ4n) is 3.17. The van der Waals surface area contributed by atoms with Crippen LogP contribution in [0.4, 0.5) is 0 Å². The molecular weight excluding hydrogens is 515 g/mol. The molecule has 0 fully saturated rings. The zero-order valence-corrected chi connectivity index (χ0v) is 25.8. The maximum atomic E-state index is 9.57. The first kappa shape index (κ1) is 35.6. The van der Waals surface area contributed by atoms with Crippen LogP contribution >= 0.6 is 0 Å². The number of rotatable bonds is 1. The van der Waals surface area contributed by atoms with Gasteiger partial charge in [-0.05, 0) is 47.9 Å². The molecule has 0 aliphatic heterocycles. The van der Waals surface area contributed by atoms with Crippen LogP contribution in [0.15, 0.2) is 47.1 Å². The second-order valence-electron chi connectivity index (χ2n) is 10.6. The zero-order chi connectivity index (χ0) is 25.6. The molecule has 0 saturated heterocycles. The van der Waals surface area contributed by atoms with E-state index in [1.165, 1.54) is 22.3 Å². The molecule has 0 aliphatic carbocycles. The summed E-state index contributed by atoms with van der Waals surface area (Å²) in [7, 11) is 0. The fraction of sp³-hybridized carbons (Fsp3) is 0.414. The molecule has 0 atom stereocenters. The summed E-state index contributed by atoms with van der Waals surface area (Å²) in [4.78, 5) is 0. The molecule has 3 rings (SSSR count). The first-order chi connectivity index (χ1) is 15.1. The van der Waals surface area contributed by atoms with Gasteiger partial charge in [0.05, 0.1) is 0 Å². The predicted octanol–water partition coefficient (Wildman–Crippen LogP) is 1.60. The molecule has 2 aromatic carbocycles. The second-order valence-corrected chi connectivity index (χ2v) is 11.0.